The first-order valence-corrected chi connectivity index (χ1v) is 6.87. The van der Waals surface area contributed by atoms with Crippen molar-refractivity contribution in [2.45, 2.75) is 53.4 Å². The van der Waals surface area contributed by atoms with Gasteiger partial charge in [-0.1, -0.05) is 31.5 Å². The van der Waals surface area contributed by atoms with Crippen LogP contribution < -0.4 is 4.74 Å². The molecule has 0 spiro atoms. The first-order valence-electron chi connectivity index (χ1n) is 6.87. The van der Waals surface area contributed by atoms with Gasteiger partial charge < -0.3 is 4.74 Å². The van der Waals surface area contributed by atoms with Crippen molar-refractivity contribution in [2.24, 2.45) is 0 Å². The number of rotatable bonds is 5. The summed E-state index contributed by atoms with van der Waals surface area (Å²) in [5, 5.41) is 0. The van der Waals surface area contributed by atoms with Gasteiger partial charge in [0.05, 0.1) is 6.61 Å². The van der Waals surface area contributed by atoms with E-state index in [4.69, 9.17) is 4.74 Å². The highest BCUT2D eigenvalue weighted by molar-refractivity contribution is 5.44. The highest BCUT2D eigenvalue weighted by atomic mass is 16.5. The molecule has 1 aromatic carbocycles. The normalized spacial score (nSPS) is 9.78. The Morgan fingerprint density at radius 2 is 1.89 bits per heavy atom. The van der Waals surface area contributed by atoms with Crippen molar-refractivity contribution in [2.75, 3.05) is 6.61 Å². The summed E-state index contributed by atoms with van der Waals surface area (Å²) in [6, 6.07) is 4.41. The van der Waals surface area contributed by atoms with Crippen LogP contribution in [-0.4, -0.2) is 6.61 Å². The monoisotopic (exact) mass is 244 g/mol. The van der Waals surface area contributed by atoms with Gasteiger partial charge in [-0.05, 0) is 37.8 Å². The van der Waals surface area contributed by atoms with E-state index in [-0.39, 0.29) is 0 Å². The number of benzene rings is 1. The highest BCUT2D eigenvalue weighted by Gasteiger charge is 2.07. The van der Waals surface area contributed by atoms with Crippen molar-refractivity contribution in [3.05, 3.63) is 28.8 Å². The fourth-order valence-corrected chi connectivity index (χ4v) is 2.05. The van der Waals surface area contributed by atoms with Crippen LogP contribution in [0.1, 0.15) is 49.8 Å². The first-order chi connectivity index (χ1) is 8.69. The van der Waals surface area contributed by atoms with E-state index in [9.17, 15) is 0 Å². The van der Waals surface area contributed by atoms with Crippen LogP contribution in [0.5, 0.6) is 5.75 Å². The van der Waals surface area contributed by atoms with Crippen molar-refractivity contribution in [1.82, 2.24) is 0 Å². The quantitative estimate of drug-likeness (QED) is 0.696. The van der Waals surface area contributed by atoms with Crippen LogP contribution in [0, 0.1) is 25.7 Å². The lowest BCUT2D eigenvalue weighted by atomic mass is 10.0. The zero-order valence-electron chi connectivity index (χ0n) is 12.1. The summed E-state index contributed by atoms with van der Waals surface area (Å²) in [5.74, 6) is 7.39. The van der Waals surface area contributed by atoms with Crippen molar-refractivity contribution in [3.63, 3.8) is 0 Å². The lowest BCUT2D eigenvalue weighted by Crippen LogP contribution is -2.02. The smallest absolute Gasteiger partial charge is 0.125 e. The molecule has 0 saturated carbocycles. The number of aryl methyl sites for hydroxylation is 3. The number of ether oxygens (including phenoxy) is 1. The minimum Gasteiger partial charge on any atom is -0.493 e. The molecule has 0 amide bonds. The second kappa shape index (κ2) is 7.82. The maximum Gasteiger partial charge on any atom is 0.125 e. The summed E-state index contributed by atoms with van der Waals surface area (Å²) < 4.78 is 5.88. The van der Waals surface area contributed by atoms with Gasteiger partial charge in [0.25, 0.3) is 0 Å². The Hall–Kier alpha value is -1.42. The molecule has 0 aromatic heterocycles. The maximum absolute atomic E-state index is 5.88. The van der Waals surface area contributed by atoms with E-state index in [1.165, 1.54) is 16.7 Å². The lowest BCUT2D eigenvalue weighted by Gasteiger charge is -2.14. The van der Waals surface area contributed by atoms with Crippen molar-refractivity contribution < 1.29 is 4.74 Å². The van der Waals surface area contributed by atoms with E-state index in [0.717, 1.165) is 38.0 Å². The molecular formula is C17H24O. The van der Waals surface area contributed by atoms with Crippen LogP contribution >= 0.6 is 0 Å². The lowest BCUT2D eigenvalue weighted by molar-refractivity contribution is 0.312. The zero-order chi connectivity index (χ0) is 13.4. The molecule has 0 aliphatic heterocycles. The van der Waals surface area contributed by atoms with Gasteiger partial charge in [0.15, 0.2) is 0 Å². The highest BCUT2D eigenvalue weighted by Crippen LogP contribution is 2.26. The van der Waals surface area contributed by atoms with E-state index in [1.54, 1.807) is 0 Å². The molecule has 0 heterocycles. The summed E-state index contributed by atoms with van der Waals surface area (Å²) in [6.45, 7) is 9.27. The van der Waals surface area contributed by atoms with E-state index >= 15 is 0 Å². The van der Waals surface area contributed by atoms with Crippen LogP contribution in [0.15, 0.2) is 12.1 Å². The Kier molecular flexibility index (Phi) is 6.36. The van der Waals surface area contributed by atoms with Gasteiger partial charge in [0, 0.05) is 12.8 Å². The molecule has 0 aliphatic rings. The molecule has 1 nitrogen and oxygen atoms in total. The van der Waals surface area contributed by atoms with Gasteiger partial charge in [-0.3, -0.25) is 0 Å². The molecule has 0 bridgehead atoms. The zero-order valence-corrected chi connectivity index (χ0v) is 12.1. The molecule has 98 valence electrons. The standard InChI is InChI=1S/C17H24O/c1-5-7-8-9-10-16-13-14(3)12-15(4)17(16)18-11-6-2/h12-13H,5-6,9-11H2,1-4H3. The first kappa shape index (κ1) is 14.6. The van der Waals surface area contributed by atoms with Gasteiger partial charge in [0.2, 0.25) is 0 Å². The van der Waals surface area contributed by atoms with Gasteiger partial charge in [-0.15, -0.1) is 11.8 Å². The molecule has 1 heteroatoms. The maximum atomic E-state index is 5.88. The summed E-state index contributed by atoms with van der Waals surface area (Å²) in [6.07, 6.45) is 3.88. The van der Waals surface area contributed by atoms with Crippen molar-refractivity contribution in [1.29, 1.82) is 0 Å². The number of hydrogen-bond donors (Lipinski definition) is 0. The van der Waals surface area contributed by atoms with Crippen LogP contribution in [-0.2, 0) is 6.42 Å². The van der Waals surface area contributed by atoms with Crippen LogP contribution in [0.3, 0.4) is 0 Å². The van der Waals surface area contributed by atoms with Crippen LogP contribution in [0.25, 0.3) is 0 Å². The Labute approximate surface area is 112 Å². The molecule has 0 radical (unpaired) electrons. The minimum absolute atomic E-state index is 0.789. The Morgan fingerprint density at radius 3 is 2.56 bits per heavy atom. The predicted molar refractivity (Wildman–Crippen MR) is 78.1 cm³/mol. The third-order valence-corrected chi connectivity index (χ3v) is 2.77. The third-order valence-electron chi connectivity index (χ3n) is 2.77. The molecule has 1 rings (SSSR count). The summed E-state index contributed by atoms with van der Waals surface area (Å²) >= 11 is 0. The van der Waals surface area contributed by atoms with Crippen LogP contribution in [0.4, 0.5) is 0 Å². The average Bonchev–Trinajstić information content (AvgIpc) is 2.33. The van der Waals surface area contributed by atoms with Gasteiger partial charge >= 0.3 is 0 Å². The fraction of sp³-hybridized carbons (Fsp3) is 0.529. The second-order valence-electron chi connectivity index (χ2n) is 4.63. The molecule has 1 aromatic rings. The van der Waals surface area contributed by atoms with E-state index in [1.807, 2.05) is 0 Å². The SMILES string of the molecule is CCC#CCCc1cc(C)cc(C)c1OCCC. The van der Waals surface area contributed by atoms with Crippen LogP contribution in [0.2, 0.25) is 0 Å². The molecule has 0 N–H and O–H groups in total. The van der Waals surface area contributed by atoms with E-state index in [2.05, 4.69) is 51.7 Å². The molecular weight excluding hydrogens is 220 g/mol. The van der Waals surface area contributed by atoms with Gasteiger partial charge in [0.1, 0.15) is 5.75 Å². The van der Waals surface area contributed by atoms with Gasteiger partial charge in [-0.25, -0.2) is 0 Å². The molecule has 0 unspecified atom stereocenters. The molecule has 0 fully saturated rings. The Morgan fingerprint density at radius 1 is 1.11 bits per heavy atom. The largest absolute Gasteiger partial charge is 0.493 e. The summed E-state index contributed by atoms with van der Waals surface area (Å²) in [7, 11) is 0. The van der Waals surface area contributed by atoms with Crippen molar-refractivity contribution in [3.8, 4) is 17.6 Å². The fourth-order valence-electron chi connectivity index (χ4n) is 2.05. The topological polar surface area (TPSA) is 9.23 Å². The van der Waals surface area contributed by atoms with E-state index < -0.39 is 0 Å². The molecule has 0 atom stereocenters. The Balaban J connectivity index is 2.85. The molecule has 18 heavy (non-hydrogen) atoms. The second-order valence-corrected chi connectivity index (χ2v) is 4.63. The summed E-state index contributed by atoms with van der Waals surface area (Å²) in [4.78, 5) is 0. The van der Waals surface area contributed by atoms with E-state index in [0.29, 0.717) is 0 Å². The molecule has 0 saturated heterocycles. The Bertz CT molecular complexity index is 435. The predicted octanol–water partition coefficient (Wildman–Crippen LogP) is 4.44. The number of hydrogen-bond acceptors (Lipinski definition) is 1. The third kappa shape index (κ3) is 4.45. The molecule has 0 aliphatic carbocycles. The minimum atomic E-state index is 0.789. The summed E-state index contributed by atoms with van der Waals surface area (Å²) in [5.41, 5.74) is 3.84. The average molecular weight is 244 g/mol. The van der Waals surface area contributed by atoms with Crippen molar-refractivity contribution >= 4 is 0 Å². The van der Waals surface area contributed by atoms with Gasteiger partial charge in [-0.2, -0.15) is 0 Å².